The zero-order valence-electron chi connectivity index (χ0n) is 27.4. The second kappa shape index (κ2) is 15.2. The Bertz CT molecular complexity index is 1850. The molecule has 5 aromatic rings. The first kappa shape index (κ1) is 34.1. The first-order valence-corrected chi connectivity index (χ1v) is 17.7. The molecule has 0 bridgehead atoms. The molecule has 2 atom stereocenters. The number of hydrogen-bond acceptors (Lipinski definition) is 10. The summed E-state index contributed by atoms with van der Waals surface area (Å²) in [5.41, 5.74) is 2.85. The van der Waals surface area contributed by atoms with Crippen LogP contribution in [0.4, 0.5) is 5.69 Å². The number of anilines is 1. The van der Waals surface area contributed by atoms with Crippen LogP contribution in [0.2, 0.25) is 0 Å². The summed E-state index contributed by atoms with van der Waals surface area (Å²) in [6.07, 6.45) is 0. The minimum atomic E-state index is -4.24. The molecule has 0 spiro atoms. The van der Waals surface area contributed by atoms with Gasteiger partial charge >= 0.3 is 7.82 Å². The third kappa shape index (κ3) is 7.30. The predicted octanol–water partition coefficient (Wildman–Crippen LogP) is 8.57. The highest BCUT2D eigenvalue weighted by Gasteiger charge is 2.51. The lowest BCUT2D eigenvalue weighted by Gasteiger charge is -2.47. The number of rotatable bonds is 15. The van der Waals surface area contributed by atoms with Crippen molar-refractivity contribution in [1.29, 1.82) is 0 Å². The number of hydrogen-bond donors (Lipinski definition) is 0. The van der Waals surface area contributed by atoms with E-state index in [1.807, 2.05) is 84.2 Å². The number of amides is 1. The van der Waals surface area contributed by atoms with Crippen LogP contribution in [0.5, 0.6) is 28.7 Å². The molecule has 1 amide bonds. The lowest BCUT2D eigenvalue weighted by Crippen LogP contribution is -2.53. The molecule has 0 radical (unpaired) electrons. The molecule has 254 valence electrons. The summed E-state index contributed by atoms with van der Waals surface area (Å²) >= 11 is 1.50. The molecule has 1 aliphatic rings. The van der Waals surface area contributed by atoms with Gasteiger partial charge in [-0.25, -0.2) is 4.57 Å². The van der Waals surface area contributed by atoms with Crippen molar-refractivity contribution < 1.29 is 41.9 Å². The number of phosphoric ester groups is 1. The summed E-state index contributed by atoms with van der Waals surface area (Å²) in [7, 11) is 1.83. The molecule has 0 saturated carbocycles. The number of methoxy groups -OCH3 is 4. The number of β-lactam (4-membered cyclic amide) rings is 1. The largest absolute Gasteiger partial charge is 0.530 e. The van der Waals surface area contributed by atoms with Gasteiger partial charge in [0, 0.05) is 17.0 Å². The third-order valence-electron chi connectivity index (χ3n) is 8.08. The Morgan fingerprint density at radius 2 is 1.27 bits per heavy atom. The third-order valence-corrected chi connectivity index (χ3v) is 10.3. The van der Waals surface area contributed by atoms with Gasteiger partial charge in [0.1, 0.15) is 0 Å². The van der Waals surface area contributed by atoms with Crippen molar-refractivity contribution in [2.75, 3.05) is 33.3 Å². The van der Waals surface area contributed by atoms with Crippen molar-refractivity contribution >= 4 is 30.8 Å². The van der Waals surface area contributed by atoms with E-state index in [2.05, 4.69) is 0 Å². The van der Waals surface area contributed by atoms with Gasteiger partial charge in [0.05, 0.1) is 59.3 Å². The fourth-order valence-corrected chi connectivity index (χ4v) is 7.71. The molecule has 0 unspecified atom stereocenters. The molecule has 1 saturated heterocycles. The van der Waals surface area contributed by atoms with Crippen molar-refractivity contribution in [2.24, 2.45) is 0 Å². The Morgan fingerprint density at radius 3 is 1.78 bits per heavy atom. The van der Waals surface area contributed by atoms with Gasteiger partial charge in [-0.2, -0.15) is 0 Å². The van der Waals surface area contributed by atoms with Crippen molar-refractivity contribution in [3.63, 3.8) is 0 Å². The minimum absolute atomic E-state index is 0.0125. The summed E-state index contributed by atoms with van der Waals surface area (Å²) < 4.78 is 54.6. The Kier molecular flexibility index (Phi) is 10.6. The number of carbonyl (C=O) groups is 1. The maximum Gasteiger partial charge on any atom is 0.530 e. The van der Waals surface area contributed by atoms with Gasteiger partial charge in [-0.1, -0.05) is 72.8 Å². The molecule has 12 heteroatoms. The van der Waals surface area contributed by atoms with Crippen molar-refractivity contribution in [2.45, 2.75) is 25.2 Å². The average Bonchev–Trinajstić information content (AvgIpc) is 3.66. The van der Waals surface area contributed by atoms with Gasteiger partial charge in [-0.3, -0.25) is 13.8 Å². The molecule has 1 aliphatic heterocycles. The number of phosphoric acid groups is 1. The van der Waals surface area contributed by atoms with E-state index in [-0.39, 0.29) is 24.9 Å². The van der Waals surface area contributed by atoms with Gasteiger partial charge in [0.2, 0.25) is 11.7 Å². The van der Waals surface area contributed by atoms with Crippen molar-refractivity contribution in [3.05, 3.63) is 130 Å². The molecule has 1 fully saturated rings. The summed E-state index contributed by atoms with van der Waals surface area (Å²) in [6.45, 7) is -0.0250. The van der Waals surface area contributed by atoms with E-state index in [4.69, 9.17) is 32.5 Å². The van der Waals surface area contributed by atoms with E-state index in [1.54, 1.807) is 29.2 Å². The summed E-state index contributed by atoms with van der Waals surface area (Å²) in [6, 6.07) is 30.8. The van der Waals surface area contributed by atoms with Gasteiger partial charge in [-0.15, -0.1) is 11.3 Å². The first-order valence-electron chi connectivity index (χ1n) is 15.4. The van der Waals surface area contributed by atoms with E-state index in [0.29, 0.717) is 34.2 Å². The second-order valence-corrected chi connectivity index (χ2v) is 13.6. The topological polar surface area (TPSA) is 102 Å². The highest BCUT2D eigenvalue weighted by Crippen LogP contribution is 2.56. The molecule has 4 aromatic carbocycles. The number of benzene rings is 4. The standard InChI is InChI=1S/C37H36NO9PS/c1-41-29-18-17-27(20-30(29)47-48(40,45-23-25-12-7-5-8-13-25)46-24-26-14-9-6-10-15-26)35-34(33-16-11-19-49-33)37(39)38(35)28-21-31(42-2)36(44-4)32(22-28)43-3/h5-22,34-35H,23-24H2,1-4H3/t34-,35-/m0/s1. The van der Waals surface area contributed by atoms with Crippen molar-refractivity contribution in [1.82, 2.24) is 0 Å². The second-order valence-electron chi connectivity index (χ2n) is 11.0. The number of nitrogens with zero attached hydrogens (tertiary/aromatic N) is 1. The Labute approximate surface area is 289 Å². The molecular formula is C37H36NO9PS. The molecule has 10 nitrogen and oxygen atoms in total. The normalized spacial score (nSPS) is 15.8. The maximum atomic E-state index is 14.3. The van der Waals surface area contributed by atoms with Crippen molar-refractivity contribution in [3.8, 4) is 28.7 Å². The number of thiophene rings is 1. The van der Waals surface area contributed by atoms with Gasteiger partial charge in [0.25, 0.3) is 0 Å². The number of ether oxygens (including phenoxy) is 4. The van der Waals surface area contributed by atoms with Crippen LogP contribution in [0.15, 0.2) is 109 Å². The van der Waals surface area contributed by atoms with E-state index >= 15 is 0 Å². The smallest absolute Gasteiger partial charge is 0.493 e. The zero-order valence-corrected chi connectivity index (χ0v) is 29.1. The minimum Gasteiger partial charge on any atom is -0.493 e. The maximum absolute atomic E-state index is 14.3. The van der Waals surface area contributed by atoms with E-state index in [1.165, 1.54) is 39.8 Å². The van der Waals surface area contributed by atoms with Gasteiger partial charge in [-0.05, 0) is 40.3 Å². The molecule has 1 aromatic heterocycles. The SMILES string of the molecule is COc1ccc([C@H]2[C@H](c3cccs3)C(=O)N2c2cc(OC)c(OC)c(OC)c2)cc1OP(=O)(OCc1ccccc1)OCc1ccccc1. The lowest BCUT2D eigenvalue weighted by atomic mass is 9.80. The van der Waals surface area contributed by atoms with Crippen LogP contribution < -0.4 is 28.4 Å². The Morgan fingerprint density at radius 1 is 0.673 bits per heavy atom. The van der Waals surface area contributed by atoms with Crippen LogP contribution in [0.3, 0.4) is 0 Å². The van der Waals surface area contributed by atoms with Gasteiger partial charge < -0.3 is 28.4 Å². The van der Waals surface area contributed by atoms with Crippen LogP contribution in [0.25, 0.3) is 0 Å². The zero-order chi connectivity index (χ0) is 34.4. The van der Waals surface area contributed by atoms with E-state index < -0.39 is 19.8 Å². The highest BCUT2D eigenvalue weighted by atomic mass is 32.1. The quantitative estimate of drug-likeness (QED) is 0.0785. The summed E-state index contributed by atoms with van der Waals surface area (Å²) in [5.74, 6) is 1.09. The van der Waals surface area contributed by atoms with Crippen LogP contribution in [-0.4, -0.2) is 34.3 Å². The molecule has 0 aliphatic carbocycles. The fourth-order valence-electron chi connectivity index (χ4n) is 5.68. The average molecular weight is 702 g/mol. The Balaban J connectivity index is 1.38. The first-order chi connectivity index (χ1) is 23.9. The summed E-state index contributed by atoms with van der Waals surface area (Å²) in [4.78, 5) is 16.5. The predicted molar refractivity (Wildman–Crippen MR) is 187 cm³/mol. The summed E-state index contributed by atoms with van der Waals surface area (Å²) in [5, 5.41) is 1.94. The lowest BCUT2D eigenvalue weighted by molar-refractivity contribution is -0.126. The molecule has 6 rings (SSSR count). The van der Waals surface area contributed by atoms with Gasteiger partial charge in [0.15, 0.2) is 23.0 Å². The molecule has 2 heterocycles. The fraction of sp³-hybridized carbons (Fsp3) is 0.216. The van der Waals surface area contributed by atoms with E-state index in [0.717, 1.165) is 16.0 Å². The monoisotopic (exact) mass is 701 g/mol. The Hall–Kier alpha value is -4.80. The molecular weight excluding hydrogens is 665 g/mol. The molecule has 49 heavy (non-hydrogen) atoms. The number of carbonyl (C=O) groups excluding carboxylic acids is 1. The van der Waals surface area contributed by atoms with E-state index in [9.17, 15) is 9.36 Å². The van der Waals surface area contributed by atoms with Crippen LogP contribution >= 0.6 is 19.2 Å². The van der Waals surface area contributed by atoms with Crippen LogP contribution in [0.1, 0.15) is 33.5 Å². The van der Waals surface area contributed by atoms with Crippen LogP contribution in [-0.2, 0) is 31.6 Å². The highest BCUT2D eigenvalue weighted by molar-refractivity contribution is 7.48. The van der Waals surface area contributed by atoms with Crippen LogP contribution in [0, 0.1) is 0 Å². The molecule has 0 N–H and O–H groups in total.